The van der Waals surface area contributed by atoms with Crippen molar-refractivity contribution < 1.29 is 22.7 Å². The molecule has 1 fully saturated rings. The Hall–Kier alpha value is -3.39. The first kappa shape index (κ1) is 28.1. The van der Waals surface area contributed by atoms with Gasteiger partial charge >= 0.3 is 5.97 Å². The lowest BCUT2D eigenvalue weighted by atomic mass is 10.1. The highest BCUT2D eigenvalue weighted by atomic mass is 32.2. The predicted octanol–water partition coefficient (Wildman–Crippen LogP) is 2.08. The van der Waals surface area contributed by atoms with Crippen molar-refractivity contribution in [3.63, 3.8) is 0 Å². The summed E-state index contributed by atoms with van der Waals surface area (Å²) in [5.41, 5.74) is 7.05. The number of hydrogen-bond donors (Lipinski definition) is 3. The van der Waals surface area contributed by atoms with Crippen molar-refractivity contribution in [2.75, 3.05) is 26.2 Å². The van der Waals surface area contributed by atoms with E-state index in [-0.39, 0.29) is 55.3 Å². The number of carbonyl (C=O) groups excluding carboxylic acids is 2. The van der Waals surface area contributed by atoms with Gasteiger partial charge in [0.1, 0.15) is 5.84 Å². The number of nitrogen functional groups attached to an aromatic ring is 1. The molecule has 212 valence electrons. The van der Waals surface area contributed by atoms with Crippen LogP contribution < -0.4 is 11.1 Å². The molecule has 40 heavy (non-hydrogen) atoms. The fraction of sp³-hybridized carbons (Fsp3) is 0.407. The molecule has 4 N–H and O–H groups in total. The molecule has 2 unspecified atom stereocenters. The third-order valence-electron chi connectivity index (χ3n) is 7.25. The van der Waals surface area contributed by atoms with Crippen LogP contribution in [-0.4, -0.2) is 78.6 Å². The molecule has 1 saturated heterocycles. The van der Waals surface area contributed by atoms with Gasteiger partial charge in [0.15, 0.2) is 5.01 Å². The maximum Gasteiger partial charge on any atom is 0.307 e. The number of nitrogens with zero attached hydrogens (tertiary/aromatic N) is 3. The third kappa shape index (κ3) is 5.59. The van der Waals surface area contributed by atoms with Crippen molar-refractivity contribution in [1.82, 2.24) is 19.5 Å². The van der Waals surface area contributed by atoms with Crippen LogP contribution in [0, 0.1) is 5.41 Å². The largest absolute Gasteiger partial charge is 0.466 e. The number of sulfonamides is 1. The number of amidine groups is 1. The minimum atomic E-state index is -3.93. The number of amides is 1. The van der Waals surface area contributed by atoms with Gasteiger partial charge in [0.05, 0.1) is 29.7 Å². The van der Waals surface area contributed by atoms with Gasteiger partial charge in [0.25, 0.3) is 5.91 Å². The van der Waals surface area contributed by atoms with E-state index in [1.807, 2.05) is 0 Å². The summed E-state index contributed by atoms with van der Waals surface area (Å²) in [5, 5.41) is 12.8. The first-order chi connectivity index (χ1) is 19.1. The lowest BCUT2D eigenvalue weighted by molar-refractivity contribution is -0.144. The Morgan fingerprint density at radius 3 is 2.70 bits per heavy atom. The Morgan fingerprint density at radius 1 is 1.20 bits per heavy atom. The molecule has 0 aliphatic carbocycles. The van der Waals surface area contributed by atoms with Crippen LogP contribution in [0.25, 0.3) is 10.8 Å². The second-order valence-electron chi connectivity index (χ2n) is 10.0. The van der Waals surface area contributed by atoms with Crippen molar-refractivity contribution in [1.29, 1.82) is 5.41 Å². The molecule has 2 aliphatic heterocycles. The quantitative estimate of drug-likeness (QED) is 0.216. The molecule has 13 heteroatoms. The molecule has 0 radical (unpaired) electrons. The summed E-state index contributed by atoms with van der Waals surface area (Å²) in [6, 6.07) is 9.51. The summed E-state index contributed by atoms with van der Waals surface area (Å²) in [4.78, 5) is 33.4. The first-order valence-electron chi connectivity index (χ1n) is 13.1. The second kappa shape index (κ2) is 11.2. The minimum Gasteiger partial charge on any atom is -0.466 e. The van der Waals surface area contributed by atoms with E-state index in [4.69, 9.17) is 15.9 Å². The van der Waals surface area contributed by atoms with Gasteiger partial charge in [-0.3, -0.25) is 15.0 Å². The summed E-state index contributed by atoms with van der Waals surface area (Å²) in [7, 11) is -3.93. The van der Waals surface area contributed by atoms with Gasteiger partial charge in [-0.05, 0) is 42.8 Å². The van der Waals surface area contributed by atoms with Crippen molar-refractivity contribution in [3.8, 4) is 0 Å². The molecule has 5 rings (SSSR count). The van der Waals surface area contributed by atoms with Crippen LogP contribution in [-0.2, 0) is 32.5 Å². The van der Waals surface area contributed by atoms with E-state index in [1.165, 1.54) is 21.7 Å². The van der Waals surface area contributed by atoms with Crippen LogP contribution in [0.4, 0.5) is 0 Å². The van der Waals surface area contributed by atoms with Gasteiger partial charge < -0.3 is 20.7 Å². The summed E-state index contributed by atoms with van der Waals surface area (Å²) >= 11 is 1.34. The van der Waals surface area contributed by atoms with E-state index in [1.54, 1.807) is 42.2 Å². The Morgan fingerprint density at radius 2 is 1.95 bits per heavy atom. The van der Waals surface area contributed by atoms with Crippen molar-refractivity contribution in [3.05, 3.63) is 57.5 Å². The number of hydrogen-bond acceptors (Lipinski definition) is 9. The number of thiazole rings is 1. The van der Waals surface area contributed by atoms with Gasteiger partial charge in [0.2, 0.25) is 10.0 Å². The van der Waals surface area contributed by atoms with Gasteiger partial charge in [-0.15, -0.1) is 11.3 Å². The summed E-state index contributed by atoms with van der Waals surface area (Å²) in [6.07, 6.45) is 0.611. The van der Waals surface area contributed by atoms with Gasteiger partial charge in [-0.1, -0.05) is 18.2 Å². The van der Waals surface area contributed by atoms with Gasteiger partial charge in [0, 0.05) is 49.1 Å². The lowest BCUT2D eigenvalue weighted by Gasteiger charge is -2.40. The zero-order valence-electron chi connectivity index (χ0n) is 22.3. The lowest BCUT2D eigenvalue weighted by Crippen LogP contribution is -2.57. The molecule has 2 aliphatic rings. The number of aromatic nitrogens is 1. The highest BCUT2D eigenvalue weighted by molar-refractivity contribution is 7.89. The SMILES string of the molecule is CCOC(=O)CC1CN(S(=O)(=O)c2ccc3cc(C(=N)N)ccc3c2)CCN1C(=O)c1nc2c(s1)CNC(C)C2. The maximum absolute atomic E-state index is 13.7. The van der Waals surface area contributed by atoms with Crippen LogP contribution in [0.15, 0.2) is 41.3 Å². The average molecular weight is 585 g/mol. The fourth-order valence-electron chi connectivity index (χ4n) is 5.12. The number of piperazine rings is 1. The monoisotopic (exact) mass is 584 g/mol. The van der Waals surface area contributed by atoms with E-state index in [0.717, 1.165) is 22.4 Å². The molecule has 1 aromatic heterocycles. The molecule has 3 heterocycles. The van der Waals surface area contributed by atoms with Crippen LogP contribution >= 0.6 is 11.3 Å². The molecule has 0 spiro atoms. The number of esters is 1. The van der Waals surface area contributed by atoms with Crippen molar-refractivity contribution in [2.24, 2.45) is 5.73 Å². The average Bonchev–Trinajstić information content (AvgIpc) is 3.35. The van der Waals surface area contributed by atoms with Crippen LogP contribution in [0.3, 0.4) is 0 Å². The van der Waals surface area contributed by atoms with Gasteiger partial charge in [-0.2, -0.15) is 4.31 Å². The maximum atomic E-state index is 13.7. The van der Waals surface area contributed by atoms with Crippen LogP contribution in [0.2, 0.25) is 0 Å². The Kier molecular flexibility index (Phi) is 7.91. The normalized spacial score (nSPS) is 19.8. The topological polar surface area (TPSA) is 159 Å². The number of rotatable bonds is 7. The zero-order chi connectivity index (χ0) is 28.6. The predicted molar refractivity (Wildman–Crippen MR) is 152 cm³/mol. The molecular formula is C27H32N6O5S2. The Balaban J connectivity index is 1.40. The number of nitrogens with two attached hydrogens (primary N) is 1. The number of ether oxygens (including phenoxy) is 1. The van der Waals surface area contributed by atoms with E-state index in [2.05, 4.69) is 17.2 Å². The molecule has 0 saturated carbocycles. The molecule has 3 aromatic rings. The highest BCUT2D eigenvalue weighted by Crippen LogP contribution is 2.29. The van der Waals surface area contributed by atoms with Crippen LogP contribution in [0.1, 0.15) is 46.2 Å². The smallest absolute Gasteiger partial charge is 0.307 e. The Labute approximate surface area is 236 Å². The van der Waals surface area contributed by atoms with Crippen molar-refractivity contribution >= 4 is 49.8 Å². The van der Waals surface area contributed by atoms with Crippen LogP contribution in [0.5, 0.6) is 0 Å². The van der Waals surface area contributed by atoms with Gasteiger partial charge in [-0.25, -0.2) is 13.4 Å². The molecule has 2 aromatic carbocycles. The molecule has 2 atom stereocenters. The third-order valence-corrected chi connectivity index (χ3v) is 10.2. The summed E-state index contributed by atoms with van der Waals surface area (Å²) in [5.74, 6) is -0.860. The molecule has 0 bridgehead atoms. The van der Waals surface area contributed by atoms with E-state index in [0.29, 0.717) is 22.5 Å². The highest BCUT2D eigenvalue weighted by Gasteiger charge is 2.39. The van der Waals surface area contributed by atoms with E-state index in [9.17, 15) is 18.0 Å². The summed E-state index contributed by atoms with van der Waals surface area (Å²) < 4.78 is 33.9. The number of fused-ring (bicyclic) bond motifs is 2. The number of carbonyl (C=O) groups is 2. The van der Waals surface area contributed by atoms with Crippen molar-refractivity contribution in [2.45, 2.75) is 50.2 Å². The minimum absolute atomic E-state index is 0.0438. The van der Waals surface area contributed by atoms with E-state index >= 15 is 0 Å². The molecular weight excluding hydrogens is 552 g/mol. The molecule has 1 amide bonds. The Bertz CT molecular complexity index is 1590. The van der Waals surface area contributed by atoms with E-state index < -0.39 is 22.0 Å². The first-order valence-corrected chi connectivity index (χ1v) is 15.4. The second-order valence-corrected chi connectivity index (χ2v) is 13.1. The number of nitrogens with one attached hydrogen (secondary N) is 2. The molecule has 11 nitrogen and oxygen atoms in total. The number of benzene rings is 2. The fourth-order valence-corrected chi connectivity index (χ4v) is 7.63. The zero-order valence-corrected chi connectivity index (χ0v) is 24.0. The standard InChI is InChI=1S/C27H32N6O5S2/c1-3-38-24(34)13-20-15-32(8-9-33(20)27(35)26-31-22-10-16(2)30-14-23(22)39-26)40(36,37)21-7-6-17-11-19(25(28)29)5-4-18(17)12-21/h4-7,11-12,16,20,30H,3,8-10,13-15H2,1-2H3,(H3,28,29). The summed E-state index contributed by atoms with van der Waals surface area (Å²) in [6.45, 7) is 4.77.